The molecule has 2 N–H and O–H groups in total. The van der Waals surface area contributed by atoms with Gasteiger partial charge in [-0.1, -0.05) is 12.8 Å². The molecule has 2 aliphatic rings. The smallest absolute Gasteiger partial charge is 0.321 e. The first-order valence-electron chi connectivity index (χ1n) is 8.76. The molecule has 2 atom stereocenters. The van der Waals surface area contributed by atoms with Crippen LogP contribution in [0, 0.1) is 5.92 Å². The number of halogens is 2. The number of carbonyl (C=O) groups is 1. The zero-order chi connectivity index (χ0) is 17.2. The lowest BCUT2D eigenvalue weighted by Crippen LogP contribution is -2.35. The van der Waals surface area contributed by atoms with E-state index < -0.39 is 11.8 Å². The Morgan fingerprint density at radius 1 is 1.12 bits per heavy atom. The maximum atomic E-state index is 13.1. The molecule has 2 fully saturated rings. The van der Waals surface area contributed by atoms with Gasteiger partial charge in [0, 0.05) is 42.8 Å². The minimum Gasteiger partial charge on any atom is -0.382 e. The van der Waals surface area contributed by atoms with Gasteiger partial charge in [0.15, 0.2) is 0 Å². The summed E-state index contributed by atoms with van der Waals surface area (Å²) in [6, 6.07) is 6.90. The Labute approximate surface area is 141 Å². The lowest BCUT2D eigenvalue weighted by atomic mass is 10.2. The number of amides is 2. The van der Waals surface area contributed by atoms with Crippen molar-refractivity contribution in [2.45, 2.75) is 51.0 Å². The van der Waals surface area contributed by atoms with E-state index in [0.29, 0.717) is 0 Å². The van der Waals surface area contributed by atoms with Gasteiger partial charge in [0.1, 0.15) is 0 Å². The predicted octanol–water partition coefficient (Wildman–Crippen LogP) is 4.55. The van der Waals surface area contributed by atoms with Crippen LogP contribution in [0.15, 0.2) is 24.3 Å². The van der Waals surface area contributed by atoms with Crippen LogP contribution in [-0.2, 0) is 0 Å². The Morgan fingerprint density at radius 3 is 2.21 bits per heavy atom. The van der Waals surface area contributed by atoms with E-state index in [9.17, 15) is 13.6 Å². The van der Waals surface area contributed by atoms with Gasteiger partial charge in [-0.15, -0.1) is 0 Å². The molecule has 1 aromatic carbocycles. The second-order valence-corrected chi connectivity index (χ2v) is 6.91. The molecule has 1 saturated carbocycles. The van der Waals surface area contributed by atoms with Gasteiger partial charge < -0.3 is 15.5 Å². The van der Waals surface area contributed by atoms with Crippen molar-refractivity contribution in [3.63, 3.8) is 0 Å². The van der Waals surface area contributed by atoms with Crippen molar-refractivity contribution in [2.24, 2.45) is 5.92 Å². The van der Waals surface area contributed by atoms with Crippen molar-refractivity contribution in [2.75, 3.05) is 23.7 Å². The minimum atomic E-state index is -2.52. The van der Waals surface area contributed by atoms with Gasteiger partial charge in [-0.05, 0) is 44.0 Å². The number of benzene rings is 1. The summed E-state index contributed by atoms with van der Waals surface area (Å²) in [5.41, 5.74) is 1.51. The normalized spacial score (nSPS) is 24.0. The van der Waals surface area contributed by atoms with Gasteiger partial charge in [-0.25, -0.2) is 13.6 Å². The first-order chi connectivity index (χ1) is 11.5. The monoisotopic (exact) mass is 337 g/mol. The van der Waals surface area contributed by atoms with Crippen molar-refractivity contribution in [3.8, 4) is 0 Å². The third kappa shape index (κ3) is 4.16. The van der Waals surface area contributed by atoms with Crippen molar-refractivity contribution in [3.05, 3.63) is 24.3 Å². The summed E-state index contributed by atoms with van der Waals surface area (Å²) in [7, 11) is 0. The van der Waals surface area contributed by atoms with Crippen LogP contribution in [0.4, 0.5) is 25.0 Å². The number of carbonyl (C=O) groups excluding carboxylic acids is 1. The zero-order valence-electron chi connectivity index (χ0n) is 14.0. The molecule has 3 rings (SSSR count). The predicted molar refractivity (Wildman–Crippen MR) is 91.6 cm³/mol. The van der Waals surface area contributed by atoms with E-state index in [-0.39, 0.29) is 18.5 Å². The minimum absolute atomic E-state index is 0.0366. The molecule has 0 bridgehead atoms. The molecule has 132 valence electrons. The fourth-order valence-electron chi connectivity index (χ4n) is 3.27. The third-order valence-electron chi connectivity index (χ3n) is 4.90. The van der Waals surface area contributed by atoms with Gasteiger partial charge >= 0.3 is 6.03 Å². The number of urea groups is 1. The summed E-state index contributed by atoms with van der Waals surface area (Å²) in [4.78, 5) is 14.1. The molecule has 1 aliphatic heterocycles. The molecular weight excluding hydrogens is 312 g/mol. The lowest BCUT2D eigenvalue weighted by Gasteiger charge is -2.21. The lowest BCUT2D eigenvalue weighted by molar-refractivity contribution is 0.0959. The molecule has 4 nitrogen and oxygen atoms in total. The van der Waals surface area contributed by atoms with Crippen molar-refractivity contribution < 1.29 is 13.6 Å². The van der Waals surface area contributed by atoms with E-state index in [0.717, 1.165) is 37.3 Å². The van der Waals surface area contributed by atoms with Crippen LogP contribution in [0.2, 0.25) is 0 Å². The van der Waals surface area contributed by atoms with Crippen molar-refractivity contribution >= 4 is 17.4 Å². The number of alkyl halides is 2. The van der Waals surface area contributed by atoms with Crippen LogP contribution in [-0.4, -0.2) is 36.0 Å². The van der Waals surface area contributed by atoms with Crippen molar-refractivity contribution in [1.29, 1.82) is 0 Å². The van der Waals surface area contributed by atoms with E-state index in [2.05, 4.69) is 10.6 Å². The number of rotatable bonds is 4. The molecule has 1 aromatic rings. The molecular formula is C18H25F2N3O. The number of likely N-dealkylation sites (tertiary alicyclic amines) is 1. The first-order valence-corrected chi connectivity index (χ1v) is 8.76. The van der Waals surface area contributed by atoms with Crippen LogP contribution < -0.4 is 10.6 Å². The molecule has 24 heavy (non-hydrogen) atoms. The number of nitrogens with one attached hydrogen (secondary N) is 2. The van der Waals surface area contributed by atoms with Crippen LogP contribution >= 0.6 is 0 Å². The Morgan fingerprint density at radius 2 is 1.67 bits per heavy atom. The SMILES string of the molecule is C[C@@H](Nc1ccc(NC(=O)N2CCCCCC2)cc1)[C@@H]1CC1(F)F. The Hall–Kier alpha value is -1.85. The molecule has 0 aromatic heterocycles. The maximum Gasteiger partial charge on any atom is 0.321 e. The number of hydrogen-bond donors (Lipinski definition) is 2. The van der Waals surface area contributed by atoms with E-state index in [4.69, 9.17) is 0 Å². The van der Waals surface area contributed by atoms with Gasteiger partial charge in [0.2, 0.25) is 0 Å². The Bertz CT molecular complexity index is 568. The first kappa shape index (κ1) is 17.0. The van der Waals surface area contributed by atoms with Crippen LogP contribution in [0.5, 0.6) is 0 Å². The van der Waals surface area contributed by atoms with Crippen LogP contribution in [0.1, 0.15) is 39.0 Å². The van der Waals surface area contributed by atoms with E-state index in [1.54, 1.807) is 19.1 Å². The number of anilines is 2. The maximum absolute atomic E-state index is 13.1. The number of hydrogen-bond acceptors (Lipinski definition) is 2. The quantitative estimate of drug-likeness (QED) is 0.846. The third-order valence-corrected chi connectivity index (χ3v) is 4.90. The zero-order valence-corrected chi connectivity index (χ0v) is 14.0. The summed E-state index contributed by atoms with van der Waals surface area (Å²) in [6.45, 7) is 3.39. The van der Waals surface area contributed by atoms with Crippen molar-refractivity contribution in [1.82, 2.24) is 4.90 Å². The molecule has 1 aliphatic carbocycles. The Balaban J connectivity index is 1.51. The molecule has 0 spiro atoms. The van der Waals surface area contributed by atoms with Gasteiger partial charge in [0.05, 0.1) is 0 Å². The summed E-state index contributed by atoms with van der Waals surface area (Å²) < 4.78 is 26.1. The molecule has 1 heterocycles. The van der Waals surface area contributed by atoms with Gasteiger partial charge in [-0.2, -0.15) is 0 Å². The van der Waals surface area contributed by atoms with E-state index >= 15 is 0 Å². The van der Waals surface area contributed by atoms with Crippen LogP contribution in [0.25, 0.3) is 0 Å². The topological polar surface area (TPSA) is 44.4 Å². The fourth-order valence-corrected chi connectivity index (χ4v) is 3.27. The summed E-state index contributed by atoms with van der Waals surface area (Å²) in [6.07, 6.45) is 4.44. The molecule has 2 amide bonds. The average Bonchev–Trinajstić information content (AvgIpc) is 3.26. The molecule has 0 unspecified atom stereocenters. The fraction of sp³-hybridized carbons (Fsp3) is 0.611. The summed E-state index contributed by atoms with van der Waals surface area (Å²) in [5, 5.41) is 6.02. The summed E-state index contributed by atoms with van der Waals surface area (Å²) >= 11 is 0. The molecule has 0 radical (unpaired) electrons. The van der Waals surface area contributed by atoms with E-state index in [1.807, 2.05) is 17.0 Å². The molecule has 6 heteroatoms. The van der Waals surface area contributed by atoms with Gasteiger partial charge in [0.25, 0.3) is 5.92 Å². The molecule has 1 saturated heterocycles. The highest BCUT2D eigenvalue weighted by Crippen LogP contribution is 2.51. The second kappa shape index (κ2) is 6.95. The highest BCUT2D eigenvalue weighted by atomic mass is 19.3. The number of nitrogens with zero attached hydrogens (tertiary/aromatic N) is 1. The highest BCUT2D eigenvalue weighted by Gasteiger charge is 2.59. The van der Waals surface area contributed by atoms with Gasteiger partial charge in [-0.3, -0.25) is 0 Å². The highest BCUT2D eigenvalue weighted by molar-refractivity contribution is 5.89. The average molecular weight is 337 g/mol. The second-order valence-electron chi connectivity index (χ2n) is 6.91. The Kier molecular flexibility index (Phi) is 4.92. The standard InChI is InChI=1S/C18H25F2N3O/c1-13(16-12-18(16,19)20)21-14-6-8-15(9-7-14)22-17(24)23-10-4-2-3-5-11-23/h6-9,13,16,21H,2-5,10-12H2,1H3,(H,22,24)/t13-,16+/m1/s1. The van der Waals surface area contributed by atoms with Crippen LogP contribution in [0.3, 0.4) is 0 Å². The largest absolute Gasteiger partial charge is 0.382 e. The van der Waals surface area contributed by atoms with E-state index in [1.165, 1.54) is 12.8 Å². The summed E-state index contributed by atoms with van der Waals surface area (Å²) in [5.74, 6) is -3.10.